The average molecular weight is 390 g/mol. The third-order valence-electron chi connectivity index (χ3n) is 4.27. The molecule has 2 aliphatic heterocycles. The highest BCUT2D eigenvalue weighted by molar-refractivity contribution is 6.17. The Hall–Kier alpha value is -2.69. The van der Waals surface area contributed by atoms with Crippen molar-refractivity contribution in [2.75, 3.05) is 30.2 Å². The Bertz CT molecular complexity index is 793. The van der Waals surface area contributed by atoms with Crippen LogP contribution in [-0.4, -0.2) is 44.3 Å². The summed E-state index contributed by atoms with van der Waals surface area (Å²) in [6.45, 7) is -0.553. The molecular weight excluding hydrogens is 376 g/mol. The van der Waals surface area contributed by atoms with Gasteiger partial charge in [0.1, 0.15) is 12.5 Å². The van der Waals surface area contributed by atoms with Gasteiger partial charge in [0.25, 0.3) is 5.91 Å². The molecule has 7 nitrogen and oxygen atoms in total. The van der Waals surface area contributed by atoms with Gasteiger partial charge < -0.3 is 9.47 Å². The normalized spacial score (nSPS) is 18.6. The van der Waals surface area contributed by atoms with Crippen LogP contribution in [0.5, 0.6) is 5.75 Å². The van der Waals surface area contributed by atoms with E-state index in [0.29, 0.717) is 4.90 Å². The van der Waals surface area contributed by atoms with Crippen LogP contribution in [0, 0.1) is 11.7 Å². The van der Waals surface area contributed by atoms with Crippen molar-refractivity contribution < 1.29 is 41.4 Å². The molecule has 0 aromatic heterocycles. The molecule has 0 N–H and O–H groups in total. The Kier molecular flexibility index (Phi) is 4.81. The van der Waals surface area contributed by atoms with E-state index in [2.05, 4.69) is 0 Å². The molecule has 2 heterocycles. The molecule has 1 fully saturated rings. The van der Waals surface area contributed by atoms with E-state index in [9.17, 15) is 31.9 Å². The second-order valence-corrected chi connectivity index (χ2v) is 6.07. The lowest BCUT2D eigenvalue weighted by Crippen LogP contribution is -2.47. The van der Waals surface area contributed by atoms with Crippen molar-refractivity contribution >= 4 is 29.1 Å². The first-order valence-corrected chi connectivity index (χ1v) is 7.81. The Labute approximate surface area is 150 Å². The highest BCUT2D eigenvalue weighted by Crippen LogP contribution is 2.41. The van der Waals surface area contributed by atoms with Crippen LogP contribution in [-0.2, 0) is 19.1 Å². The van der Waals surface area contributed by atoms with E-state index in [1.807, 2.05) is 0 Å². The molecule has 1 aromatic rings. The number of rotatable bonds is 3. The van der Waals surface area contributed by atoms with Crippen LogP contribution >= 0.6 is 0 Å². The van der Waals surface area contributed by atoms with Gasteiger partial charge in [0.15, 0.2) is 12.4 Å². The fourth-order valence-electron chi connectivity index (χ4n) is 2.97. The summed E-state index contributed by atoms with van der Waals surface area (Å²) < 4.78 is 63.0. The summed E-state index contributed by atoms with van der Waals surface area (Å²) in [6.07, 6.45) is -6.65. The van der Waals surface area contributed by atoms with E-state index in [0.717, 1.165) is 17.0 Å². The van der Waals surface area contributed by atoms with Crippen LogP contribution < -0.4 is 14.5 Å². The second-order valence-electron chi connectivity index (χ2n) is 6.07. The SMILES string of the molecule is COCN1C(=O)COc2cc(F)c(N3C(=O)CC(C(F)(F)F)CC3=O)cc21. The Morgan fingerprint density at radius 2 is 1.74 bits per heavy atom. The van der Waals surface area contributed by atoms with E-state index in [-0.39, 0.29) is 24.8 Å². The third kappa shape index (κ3) is 3.46. The van der Waals surface area contributed by atoms with Crippen molar-refractivity contribution in [3.05, 3.63) is 17.9 Å². The van der Waals surface area contributed by atoms with Gasteiger partial charge in [-0.2, -0.15) is 13.2 Å². The number of carbonyl (C=O) groups excluding carboxylic acids is 3. The molecule has 0 saturated carbocycles. The zero-order valence-corrected chi connectivity index (χ0v) is 14.0. The number of fused-ring (bicyclic) bond motifs is 1. The van der Waals surface area contributed by atoms with E-state index >= 15 is 0 Å². The lowest BCUT2D eigenvalue weighted by atomic mass is 9.94. The number of imide groups is 1. The first-order valence-electron chi connectivity index (χ1n) is 7.81. The van der Waals surface area contributed by atoms with Crippen molar-refractivity contribution in [3.63, 3.8) is 0 Å². The van der Waals surface area contributed by atoms with Gasteiger partial charge in [0.05, 0.1) is 17.3 Å². The van der Waals surface area contributed by atoms with Gasteiger partial charge in [0, 0.05) is 26.0 Å². The van der Waals surface area contributed by atoms with E-state index in [1.54, 1.807) is 0 Å². The summed E-state index contributed by atoms with van der Waals surface area (Å²) in [5.41, 5.74) is -0.494. The Morgan fingerprint density at radius 1 is 1.11 bits per heavy atom. The van der Waals surface area contributed by atoms with Crippen LogP contribution in [0.3, 0.4) is 0 Å². The number of halogens is 4. The van der Waals surface area contributed by atoms with Gasteiger partial charge in [-0.1, -0.05) is 0 Å². The number of hydrogen-bond donors (Lipinski definition) is 0. The summed E-state index contributed by atoms with van der Waals surface area (Å²) in [5.74, 6) is -6.01. The summed E-state index contributed by atoms with van der Waals surface area (Å²) in [6, 6.07) is 1.89. The molecule has 3 amide bonds. The molecule has 0 radical (unpaired) electrons. The number of alkyl halides is 3. The molecule has 146 valence electrons. The van der Waals surface area contributed by atoms with Gasteiger partial charge in [-0.25, -0.2) is 9.29 Å². The van der Waals surface area contributed by atoms with Gasteiger partial charge in [-0.05, 0) is 6.07 Å². The summed E-state index contributed by atoms with van der Waals surface area (Å²) in [7, 11) is 1.32. The number of ether oxygens (including phenoxy) is 2. The highest BCUT2D eigenvalue weighted by atomic mass is 19.4. The number of anilines is 2. The zero-order valence-electron chi connectivity index (χ0n) is 14.0. The van der Waals surface area contributed by atoms with E-state index in [1.165, 1.54) is 7.11 Å². The number of hydrogen-bond acceptors (Lipinski definition) is 5. The fraction of sp³-hybridized carbons (Fsp3) is 0.438. The lowest BCUT2D eigenvalue weighted by molar-refractivity contribution is -0.185. The predicted octanol–water partition coefficient (Wildman–Crippen LogP) is 1.99. The molecule has 0 atom stereocenters. The number of carbonyl (C=O) groups is 3. The molecule has 27 heavy (non-hydrogen) atoms. The van der Waals surface area contributed by atoms with Crippen molar-refractivity contribution in [3.8, 4) is 5.75 Å². The van der Waals surface area contributed by atoms with E-state index < -0.39 is 54.2 Å². The quantitative estimate of drug-likeness (QED) is 0.583. The fourth-order valence-corrected chi connectivity index (χ4v) is 2.97. The van der Waals surface area contributed by atoms with Gasteiger partial charge in [-0.3, -0.25) is 19.3 Å². The maximum absolute atomic E-state index is 14.5. The van der Waals surface area contributed by atoms with Gasteiger partial charge >= 0.3 is 6.18 Å². The largest absolute Gasteiger partial charge is 0.481 e. The molecule has 0 bridgehead atoms. The van der Waals surface area contributed by atoms with Crippen molar-refractivity contribution in [1.82, 2.24) is 0 Å². The highest BCUT2D eigenvalue weighted by Gasteiger charge is 2.48. The van der Waals surface area contributed by atoms with Crippen LogP contribution in [0.1, 0.15) is 12.8 Å². The first-order chi connectivity index (χ1) is 12.6. The van der Waals surface area contributed by atoms with E-state index in [4.69, 9.17) is 9.47 Å². The van der Waals surface area contributed by atoms with Crippen LogP contribution in [0.2, 0.25) is 0 Å². The van der Waals surface area contributed by atoms with Crippen LogP contribution in [0.4, 0.5) is 28.9 Å². The number of benzene rings is 1. The molecule has 11 heteroatoms. The smallest absolute Gasteiger partial charge is 0.392 e. The minimum atomic E-state index is -4.71. The van der Waals surface area contributed by atoms with Crippen LogP contribution in [0.25, 0.3) is 0 Å². The van der Waals surface area contributed by atoms with Gasteiger partial charge in [0.2, 0.25) is 11.8 Å². The molecule has 3 rings (SSSR count). The predicted molar refractivity (Wildman–Crippen MR) is 82.5 cm³/mol. The Morgan fingerprint density at radius 3 is 2.30 bits per heavy atom. The monoisotopic (exact) mass is 390 g/mol. The standard InChI is InChI=1S/C16H14F4N2O5/c1-26-7-21-11-5-10(9(17)4-12(11)27-6-15(21)25)22-13(23)2-8(3-14(22)24)16(18,19)20/h4-5,8H,2-3,6-7H2,1H3. The van der Waals surface area contributed by atoms with Gasteiger partial charge in [-0.15, -0.1) is 0 Å². The second kappa shape index (κ2) is 6.80. The molecular formula is C16H14F4N2O5. The number of nitrogens with zero attached hydrogens (tertiary/aromatic N) is 2. The zero-order chi connectivity index (χ0) is 19.9. The summed E-state index contributed by atoms with van der Waals surface area (Å²) >= 11 is 0. The summed E-state index contributed by atoms with van der Waals surface area (Å²) in [5, 5.41) is 0. The molecule has 0 aliphatic carbocycles. The minimum absolute atomic E-state index is 0.0158. The minimum Gasteiger partial charge on any atom is -0.481 e. The third-order valence-corrected chi connectivity index (χ3v) is 4.27. The molecule has 2 aliphatic rings. The van der Waals surface area contributed by atoms with Crippen molar-refractivity contribution in [2.45, 2.75) is 19.0 Å². The maximum atomic E-state index is 14.5. The maximum Gasteiger partial charge on any atom is 0.392 e. The molecule has 1 saturated heterocycles. The van der Waals surface area contributed by atoms with Crippen LogP contribution in [0.15, 0.2) is 12.1 Å². The number of amides is 3. The first kappa shape index (κ1) is 19.1. The van der Waals surface area contributed by atoms with Crippen molar-refractivity contribution in [1.29, 1.82) is 0 Å². The molecule has 0 unspecified atom stereocenters. The molecule has 0 spiro atoms. The topological polar surface area (TPSA) is 76.2 Å². The lowest BCUT2D eigenvalue weighted by Gasteiger charge is -2.33. The summed E-state index contributed by atoms with van der Waals surface area (Å²) in [4.78, 5) is 37.8. The average Bonchev–Trinajstić information content (AvgIpc) is 2.57. The number of piperidine rings is 1. The number of methoxy groups -OCH3 is 1. The van der Waals surface area contributed by atoms with Crippen molar-refractivity contribution in [2.24, 2.45) is 5.92 Å². The Balaban J connectivity index is 1.99. The molecule has 1 aromatic carbocycles.